The lowest BCUT2D eigenvalue weighted by atomic mass is 10.1. The van der Waals surface area contributed by atoms with E-state index >= 15 is 0 Å². The van der Waals surface area contributed by atoms with Gasteiger partial charge in [0.05, 0.1) is 5.75 Å². The van der Waals surface area contributed by atoms with Crippen LogP contribution in [-0.2, 0) is 10.0 Å². The van der Waals surface area contributed by atoms with Crippen molar-refractivity contribution >= 4 is 10.0 Å². The average molecular weight is 262 g/mol. The van der Waals surface area contributed by atoms with Crippen LogP contribution in [0.4, 0.5) is 0 Å². The molecule has 0 spiro atoms. The van der Waals surface area contributed by atoms with Gasteiger partial charge >= 0.3 is 0 Å². The molecule has 1 unspecified atom stereocenters. The highest BCUT2D eigenvalue weighted by Crippen LogP contribution is 2.18. The van der Waals surface area contributed by atoms with Crippen molar-refractivity contribution in [1.82, 2.24) is 9.62 Å². The number of hydrogen-bond acceptors (Lipinski definition) is 3. The van der Waals surface area contributed by atoms with Crippen LogP contribution in [0.15, 0.2) is 0 Å². The maximum atomic E-state index is 11.3. The molecule has 0 radical (unpaired) electrons. The van der Waals surface area contributed by atoms with Crippen LogP contribution in [0.5, 0.6) is 0 Å². The lowest BCUT2D eigenvalue weighted by Gasteiger charge is -2.29. The SMILES string of the molecule is CCC1CCCCCN1CCNS(=O)(=O)CC. The minimum Gasteiger partial charge on any atom is -0.299 e. The average Bonchev–Trinajstić information content (AvgIpc) is 2.54. The lowest BCUT2D eigenvalue weighted by Crippen LogP contribution is -2.40. The standard InChI is InChI=1S/C12H26N2O2S/c1-3-12-8-6-5-7-10-14(12)11-9-13-17(15,16)4-2/h12-13H,3-11H2,1-2H3. The maximum Gasteiger partial charge on any atom is 0.211 e. The molecule has 0 amide bonds. The molecule has 1 aliphatic rings. The predicted molar refractivity (Wildman–Crippen MR) is 71.6 cm³/mol. The molecule has 17 heavy (non-hydrogen) atoms. The van der Waals surface area contributed by atoms with E-state index in [4.69, 9.17) is 0 Å². The molecule has 1 aliphatic heterocycles. The van der Waals surface area contributed by atoms with Gasteiger partial charge < -0.3 is 0 Å². The van der Waals surface area contributed by atoms with E-state index in [1.807, 2.05) is 0 Å². The monoisotopic (exact) mass is 262 g/mol. The molecule has 5 heteroatoms. The first kappa shape index (κ1) is 14.9. The summed E-state index contributed by atoms with van der Waals surface area (Å²) in [4.78, 5) is 2.45. The van der Waals surface area contributed by atoms with Crippen LogP contribution in [-0.4, -0.2) is 44.7 Å². The van der Waals surface area contributed by atoms with Crippen molar-refractivity contribution in [2.45, 2.75) is 52.0 Å². The fraction of sp³-hybridized carbons (Fsp3) is 1.00. The Morgan fingerprint density at radius 2 is 2.00 bits per heavy atom. The largest absolute Gasteiger partial charge is 0.299 e. The van der Waals surface area contributed by atoms with Crippen LogP contribution in [0.2, 0.25) is 0 Å². The Kier molecular flexibility index (Phi) is 6.44. The minimum absolute atomic E-state index is 0.171. The van der Waals surface area contributed by atoms with Crippen LogP contribution in [0.1, 0.15) is 46.0 Å². The number of likely N-dealkylation sites (tertiary alicyclic amines) is 1. The molecule has 1 rings (SSSR count). The zero-order chi connectivity index (χ0) is 12.7. The molecular weight excluding hydrogens is 236 g/mol. The van der Waals surface area contributed by atoms with E-state index in [-0.39, 0.29) is 5.75 Å². The van der Waals surface area contributed by atoms with E-state index in [1.165, 1.54) is 32.1 Å². The van der Waals surface area contributed by atoms with E-state index in [0.717, 1.165) is 13.1 Å². The van der Waals surface area contributed by atoms with Crippen LogP contribution in [0, 0.1) is 0 Å². The van der Waals surface area contributed by atoms with Gasteiger partial charge in [-0.05, 0) is 32.7 Å². The van der Waals surface area contributed by atoms with Crippen LogP contribution in [0.25, 0.3) is 0 Å². The fourth-order valence-electron chi connectivity index (χ4n) is 2.44. The maximum absolute atomic E-state index is 11.3. The highest BCUT2D eigenvalue weighted by Gasteiger charge is 2.19. The highest BCUT2D eigenvalue weighted by atomic mass is 32.2. The summed E-state index contributed by atoms with van der Waals surface area (Å²) in [7, 11) is -3.03. The number of rotatable bonds is 6. The number of nitrogens with zero attached hydrogens (tertiary/aromatic N) is 1. The Balaban J connectivity index is 2.37. The van der Waals surface area contributed by atoms with Crippen molar-refractivity contribution in [2.24, 2.45) is 0 Å². The second-order valence-corrected chi connectivity index (χ2v) is 6.84. The van der Waals surface area contributed by atoms with Gasteiger partial charge in [0.1, 0.15) is 0 Å². The van der Waals surface area contributed by atoms with Crippen LogP contribution in [0.3, 0.4) is 0 Å². The summed E-state index contributed by atoms with van der Waals surface area (Å²) in [6, 6.07) is 0.642. The normalized spacial score (nSPS) is 23.5. The van der Waals surface area contributed by atoms with Crippen molar-refractivity contribution in [3.63, 3.8) is 0 Å². The second-order valence-electron chi connectivity index (χ2n) is 4.75. The predicted octanol–water partition coefficient (Wildman–Crippen LogP) is 1.58. The molecule has 4 nitrogen and oxygen atoms in total. The second kappa shape index (κ2) is 7.34. The Hall–Kier alpha value is -0.130. The van der Waals surface area contributed by atoms with Gasteiger partial charge in [0.25, 0.3) is 0 Å². The Morgan fingerprint density at radius 3 is 2.65 bits per heavy atom. The summed E-state index contributed by atoms with van der Waals surface area (Å²) >= 11 is 0. The number of hydrogen-bond donors (Lipinski definition) is 1. The van der Waals surface area contributed by atoms with Crippen molar-refractivity contribution in [1.29, 1.82) is 0 Å². The zero-order valence-electron chi connectivity index (χ0n) is 11.1. The van der Waals surface area contributed by atoms with Gasteiger partial charge in [-0.15, -0.1) is 0 Å². The van der Waals surface area contributed by atoms with Crippen molar-refractivity contribution in [3.8, 4) is 0 Å². The lowest BCUT2D eigenvalue weighted by molar-refractivity contribution is 0.198. The van der Waals surface area contributed by atoms with E-state index in [1.54, 1.807) is 6.92 Å². The molecule has 1 heterocycles. The molecule has 1 saturated heterocycles. The molecule has 0 bridgehead atoms. The summed E-state index contributed by atoms with van der Waals surface area (Å²) in [5, 5.41) is 0. The topological polar surface area (TPSA) is 49.4 Å². The summed E-state index contributed by atoms with van der Waals surface area (Å²) in [6.07, 6.45) is 6.30. The molecule has 1 atom stereocenters. The number of nitrogens with one attached hydrogen (secondary N) is 1. The number of sulfonamides is 1. The first-order chi connectivity index (χ1) is 8.09. The molecule has 102 valence electrons. The molecule has 0 aromatic carbocycles. The molecule has 0 aromatic heterocycles. The van der Waals surface area contributed by atoms with Crippen molar-refractivity contribution in [3.05, 3.63) is 0 Å². The third-order valence-electron chi connectivity index (χ3n) is 3.57. The molecule has 1 fully saturated rings. The Morgan fingerprint density at radius 1 is 1.24 bits per heavy atom. The fourth-order valence-corrected chi connectivity index (χ4v) is 3.05. The molecular formula is C12H26N2O2S. The van der Waals surface area contributed by atoms with Gasteiger partial charge in [0, 0.05) is 19.1 Å². The van der Waals surface area contributed by atoms with E-state index in [2.05, 4.69) is 16.5 Å². The summed E-state index contributed by atoms with van der Waals surface area (Å²) < 4.78 is 25.3. The van der Waals surface area contributed by atoms with Gasteiger partial charge in [0.2, 0.25) is 10.0 Å². The van der Waals surface area contributed by atoms with Crippen LogP contribution < -0.4 is 4.72 Å². The molecule has 0 saturated carbocycles. The van der Waals surface area contributed by atoms with Crippen molar-refractivity contribution in [2.75, 3.05) is 25.4 Å². The van der Waals surface area contributed by atoms with Gasteiger partial charge in [-0.2, -0.15) is 0 Å². The minimum atomic E-state index is -3.03. The first-order valence-electron chi connectivity index (χ1n) is 6.80. The van der Waals surface area contributed by atoms with Crippen molar-refractivity contribution < 1.29 is 8.42 Å². The third kappa shape index (κ3) is 5.36. The summed E-state index contributed by atoms with van der Waals surface area (Å²) in [6.45, 7) is 6.40. The zero-order valence-corrected chi connectivity index (χ0v) is 11.9. The molecule has 1 N–H and O–H groups in total. The highest BCUT2D eigenvalue weighted by molar-refractivity contribution is 7.89. The summed E-state index contributed by atoms with van der Waals surface area (Å²) in [5.41, 5.74) is 0. The summed E-state index contributed by atoms with van der Waals surface area (Å²) in [5.74, 6) is 0.171. The third-order valence-corrected chi connectivity index (χ3v) is 4.98. The Labute approximate surface area is 106 Å². The van der Waals surface area contributed by atoms with E-state index < -0.39 is 10.0 Å². The first-order valence-corrected chi connectivity index (χ1v) is 8.45. The molecule has 0 aliphatic carbocycles. The van der Waals surface area contributed by atoms with E-state index in [9.17, 15) is 8.42 Å². The Bertz CT molecular complexity index is 304. The van der Waals surface area contributed by atoms with Gasteiger partial charge in [0.15, 0.2) is 0 Å². The van der Waals surface area contributed by atoms with Gasteiger partial charge in [-0.3, -0.25) is 4.90 Å². The van der Waals surface area contributed by atoms with Gasteiger partial charge in [-0.25, -0.2) is 13.1 Å². The van der Waals surface area contributed by atoms with E-state index in [0.29, 0.717) is 12.6 Å². The smallest absolute Gasteiger partial charge is 0.211 e. The quantitative estimate of drug-likeness (QED) is 0.790. The van der Waals surface area contributed by atoms with Gasteiger partial charge in [-0.1, -0.05) is 19.8 Å². The molecule has 0 aromatic rings. The van der Waals surface area contributed by atoms with Crippen LogP contribution >= 0.6 is 0 Å².